The molecular formula is C17H20O2. The molecule has 0 N–H and O–H groups in total. The molecule has 0 amide bonds. The Kier molecular flexibility index (Phi) is 4.10. The van der Waals surface area contributed by atoms with Crippen molar-refractivity contribution in [3.8, 4) is 17.2 Å². The molecule has 2 aromatic carbocycles. The van der Waals surface area contributed by atoms with Crippen LogP contribution in [0, 0.1) is 6.92 Å². The Balaban J connectivity index is 2.18. The molecule has 100 valence electrons. The lowest BCUT2D eigenvalue weighted by Crippen LogP contribution is -1.92. The predicted molar refractivity (Wildman–Crippen MR) is 78.3 cm³/mol. The van der Waals surface area contributed by atoms with Crippen LogP contribution in [0.1, 0.15) is 30.9 Å². The maximum absolute atomic E-state index is 5.89. The van der Waals surface area contributed by atoms with Crippen molar-refractivity contribution >= 4 is 0 Å². The highest BCUT2D eigenvalue weighted by Gasteiger charge is 2.05. The monoisotopic (exact) mass is 256 g/mol. The van der Waals surface area contributed by atoms with Gasteiger partial charge in [-0.15, -0.1) is 0 Å². The minimum atomic E-state index is 0.536. The number of rotatable bonds is 4. The van der Waals surface area contributed by atoms with E-state index in [2.05, 4.69) is 32.9 Å². The molecule has 0 spiro atoms. The standard InChI is InChI=1S/C17H20O2/c1-12(2)14-5-10-17(13(3)11-14)19-16-8-6-15(18-4)7-9-16/h5-12H,1-4H3. The van der Waals surface area contributed by atoms with Gasteiger partial charge >= 0.3 is 0 Å². The van der Waals surface area contributed by atoms with E-state index in [4.69, 9.17) is 9.47 Å². The molecule has 0 aliphatic heterocycles. The molecule has 0 bridgehead atoms. The number of benzene rings is 2. The Morgan fingerprint density at radius 1 is 0.895 bits per heavy atom. The van der Waals surface area contributed by atoms with E-state index in [1.807, 2.05) is 30.3 Å². The van der Waals surface area contributed by atoms with E-state index in [0.29, 0.717) is 5.92 Å². The molecule has 0 fully saturated rings. The first kappa shape index (κ1) is 13.5. The van der Waals surface area contributed by atoms with Crippen LogP contribution in [0.5, 0.6) is 17.2 Å². The molecule has 2 aromatic rings. The lowest BCUT2D eigenvalue weighted by atomic mass is 10.0. The van der Waals surface area contributed by atoms with Gasteiger partial charge in [-0.05, 0) is 54.3 Å². The number of ether oxygens (including phenoxy) is 2. The van der Waals surface area contributed by atoms with Crippen molar-refractivity contribution in [2.24, 2.45) is 0 Å². The third-order valence-corrected chi connectivity index (χ3v) is 3.15. The van der Waals surface area contributed by atoms with Gasteiger partial charge in [0.1, 0.15) is 17.2 Å². The zero-order valence-electron chi connectivity index (χ0n) is 11.9. The molecular weight excluding hydrogens is 236 g/mol. The van der Waals surface area contributed by atoms with Crippen LogP contribution in [-0.2, 0) is 0 Å². The molecule has 19 heavy (non-hydrogen) atoms. The van der Waals surface area contributed by atoms with E-state index < -0.39 is 0 Å². The smallest absolute Gasteiger partial charge is 0.130 e. The molecule has 0 saturated carbocycles. The second-order valence-corrected chi connectivity index (χ2v) is 4.96. The molecule has 0 aliphatic rings. The highest BCUT2D eigenvalue weighted by Crippen LogP contribution is 2.28. The van der Waals surface area contributed by atoms with Gasteiger partial charge in [0, 0.05) is 0 Å². The van der Waals surface area contributed by atoms with Gasteiger partial charge in [-0.1, -0.05) is 26.0 Å². The topological polar surface area (TPSA) is 18.5 Å². The second kappa shape index (κ2) is 5.79. The fourth-order valence-electron chi connectivity index (χ4n) is 1.92. The number of hydrogen-bond acceptors (Lipinski definition) is 2. The fourth-order valence-corrected chi connectivity index (χ4v) is 1.92. The van der Waals surface area contributed by atoms with Crippen LogP contribution >= 0.6 is 0 Å². The first-order chi connectivity index (χ1) is 9.10. The van der Waals surface area contributed by atoms with Crippen molar-refractivity contribution in [3.05, 3.63) is 53.6 Å². The van der Waals surface area contributed by atoms with Gasteiger partial charge in [0.2, 0.25) is 0 Å². The summed E-state index contributed by atoms with van der Waals surface area (Å²) in [4.78, 5) is 0. The summed E-state index contributed by atoms with van der Waals surface area (Å²) >= 11 is 0. The maximum atomic E-state index is 5.89. The van der Waals surface area contributed by atoms with Crippen molar-refractivity contribution in [1.29, 1.82) is 0 Å². The van der Waals surface area contributed by atoms with E-state index in [0.717, 1.165) is 22.8 Å². The number of methoxy groups -OCH3 is 1. The van der Waals surface area contributed by atoms with E-state index in [1.165, 1.54) is 5.56 Å². The lowest BCUT2D eigenvalue weighted by Gasteiger charge is -2.12. The summed E-state index contributed by atoms with van der Waals surface area (Å²) in [5.41, 5.74) is 2.49. The first-order valence-corrected chi connectivity index (χ1v) is 6.52. The van der Waals surface area contributed by atoms with Gasteiger partial charge in [0.25, 0.3) is 0 Å². The normalized spacial score (nSPS) is 10.6. The molecule has 0 aromatic heterocycles. The van der Waals surface area contributed by atoms with E-state index in [9.17, 15) is 0 Å². The summed E-state index contributed by atoms with van der Waals surface area (Å²) < 4.78 is 11.0. The Morgan fingerprint density at radius 2 is 1.53 bits per heavy atom. The third kappa shape index (κ3) is 3.28. The summed E-state index contributed by atoms with van der Waals surface area (Å²) in [5.74, 6) is 3.09. The molecule has 2 nitrogen and oxygen atoms in total. The van der Waals surface area contributed by atoms with Crippen LogP contribution in [0.4, 0.5) is 0 Å². The first-order valence-electron chi connectivity index (χ1n) is 6.52. The van der Waals surface area contributed by atoms with Crippen molar-refractivity contribution in [3.63, 3.8) is 0 Å². The second-order valence-electron chi connectivity index (χ2n) is 4.96. The summed E-state index contributed by atoms with van der Waals surface area (Å²) in [6.45, 7) is 6.46. The van der Waals surface area contributed by atoms with Crippen LogP contribution in [0.25, 0.3) is 0 Å². The van der Waals surface area contributed by atoms with Crippen molar-refractivity contribution in [2.75, 3.05) is 7.11 Å². The maximum Gasteiger partial charge on any atom is 0.130 e. The lowest BCUT2D eigenvalue weighted by molar-refractivity contribution is 0.412. The van der Waals surface area contributed by atoms with Gasteiger partial charge in [-0.3, -0.25) is 0 Å². The average molecular weight is 256 g/mol. The van der Waals surface area contributed by atoms with E-state index in [1.54, 1.807) is 7.11 Å². The Bertz CT molecular complexity index is 542. The average Bonchev–Trinajstić information content (AvgIpc) is 2.41. The van der Waals surface area contributed by atoms with Gasteiger partial charge in [0.05, 0.1) is 7.11 Å². The number of hydrogen-bond donors (Lipinski definition) is 0. The van der Waals surface area contributed by atoms with Crippen LogP contribution in [0.2, 0.25) is 0 Å². The van der Waals surface area contributed by atoms with Gasteiger partial charge in [0.15, 0.2) is 0 Å². The van der Waals surface area contributed by atoms with Gasteiger partial charge < -0.3 is 9.47 Å². The molecule has 2 rings (SSSR count). The summed E-state index contributed by atoms with van der Waals surface area (Å²) in [6.07, 6.45) is 0. The quantitative estimate of drug-likeness (QED) is 0.773. The third-order valence-electron chi connectivity index (χ3n) is 3.15. The molecule has 0 aliphatic carbocycles. The van der Waals surface area contributed by atoms with Crippen molar-refractivity contribution < 1.29 is 9.47 Å². The summed E-state index contributed by atoms with van der Waals surface area (Å²) in [5, 5.41) is 0. The Morgan fingerprint density at radius 3 is 2.05 bits per heavy atom. The zero-order chi connectivity index (χ0) is 13.8. The summed E-state index contributed by atoms with van der Waals surface area (Å²) in [7, 11) is 1.66. The largest absolute Gasteiger partial charge is 0.497 e. The van der Waals surface area contributed by atoms with E-state index >= 15 is 0 Å². The highest BCUT2D eigenvalue weighted by atomic mass is 16.5. The van der Waals surface area contributed by atoms with Crippen LogP contribution in [-0.4, -0.2) is 7.11 Å². The van der Waals surface area contributed by atoms with E-state index in [-0.39, 0.29) is 0 Å². The van der Waals surface area contributed by atoms with Crippen molar-refractivity contribution in [1.82, 2.24) is 0 Å². The molecule has 0 unspecified atom stereocenters. The highest BCUT2D eigenvalue weighted by molar-refractivity contribution is 5.41. The summed E-state index contributed by atoms with van der Waals surface area (Å²) in [6, 6.07) is 14.0. The van der Waals surface area contributed by atoms with Crippen LogP contribution in [0.15, 0.2) is 42.5 Å². The molecule has 0 atom stereocenters. The SMILES string of the molecule is COc1ccc(Oc2ccc(C(C)C)cc2C)cc1. The zero-order valence-corrected chi connectivity index (χ0v) is 11.9. The van der Waals surface area contributed by atoms with Crippen LogP contribution in [0.3, 0.4) is 0 Å². The Hall–Kier alpha value is -1.96. The minimum Gasteiger partial charge on any atom is -0.497 e. The molecule has 0 radical (unpaired) electrons. The number of aryl methyl sites for hydroxylation is 1. The van der Waals surface area contributed by atoms with Crippen LogP contribution < -0.4 is 9.47 Å². The Labute approximate surface area is 115 Å². The molecule has 2 heteroatoms. The van der Waals surface area contributed by atoms with Gasteiger partial charge in [-0.2, -0.15) is 0 Å². The molecule has 0 heterocycles. The van der Waals surface area contributed by atoms with Crippen molar-refractivity contribution in [2.45, 2.75) is 26.7 Å². The fraction of sp³-hybridized carbons (Fsp3) is 0.294. The van der Waals surface area contributed by atoms with Gasteiger partial charge in [-0.25, -0.2) is 0 Å². The molecule has 0 saturated heterocycles. The predicted octanol–water partition coefficient (Wildman–Crippen LogP) is 4.92. The minimum absolute atomic E-state index is 0.536.